The Hall–Kier alpha value is -1.50. The first-order valence-corrected chi connectivity index (χ1v) is 8.12. The molecular weight excluding hydrogens is 353 g/mol. The van der Waals surface area contributed by atoms with Crippen molar-refractivity contribution in [1.82, 2.24) is 10.2 Å². The van der Waals surface area contributed by atoms with Crippen LogP contribution < -0.4 is 15.8 Å². The van der Waals surface area contributed by atoms with Crippen LogP contribution in [-0.4, -0.2) is 49.5 Å². The smallest absolute Gasteiger partial charge is 0.260 e. The minimum absolute atomic E-state index is 0. The molecule has 1 atom stereocenters. The number of piperidine rings is 1. The largest absolute Gasteiger partial charge is 0.484 e. The van der Waals surface area contributed by atoms with E-state index in [0.29, 0.717) is 37.0 Å². The molecule has 0 radical (unpaired) electrons. The summed E-state index contributed by atoms with van der Waals surface area (Å²) in [5, 5.41) is 3.40. The van der Waals surface area contributed by atoms with Gasteiger partial charge < -0.3 is 20.7 Å². The van der Waals surface area contributed by atoms with Crippen molar-refractivity contribution in [3.63, 3.8) is 0 Å². The predicted molar refractivity (Wildman–Crippen MR) is 95.6 cm³/mol. The Morgan fingerprint density at radius 2 is 2.04 bits per heavy atom. The summed E-state index contributed by atoms with van der Waals surface area (Å²) in [5.74, 6) is 0.273. The van der Waals surface area contributed by atoms with Gasteiger partial charge in [-0.05, 0) is 37.1 Å². The highest BCUT2D eigenvalue weighted by Crippen LogP contribution is 2.18. The third-order valence-corrected chi connectivity index (χ3v) is 4.02. The number of likely N-dealkylation sites (tertiary alicyclic amines) is 1. The Bertz CT molecular complexity index is 540. The van der Waals surface area contributed by atoms with Crippen LogP contribution >= 0.6 is 24.0 Å². The lowest BCUT2D eigenvalue weighted by molar-refractivity contribution is -0.137. The monoisotopic (exact) mass is 375 g/mol. The van der Waals surface area contributed by atoms with Crippen molar-refractivity contribution in [2.24, 2.45) is 11.7 Å². The van der Waals surface area contributed by atoms with Crippen LogP contribution in [0.4, 0.5) is 0 Å². The molecule has 24 heavy (non-hydrogen) atoms. The van der Waals surface area contributed by atoms with Gasteiger partial charge in [0.05, 0.1) is 5.92 Å². The fourth-order valence-corrected chi connectivity index (χ4v) is 2.65. The van der Waals surface area contributed by atoms with Gasteiger partial charge in [-0.1, -0.05) is 11.6 Å². The third-order valence-electron chi connectivity index (χ3n) is 3.76. The van der Waals surface area contributed by atoms with Crippen LogP contribution in [0.5, 0.6) is 5.75 Å². The van der Waals surface area contributed by atoms with E-state index in [1.54, 1.807) is 29.2 Å². The molecule has 2 amide bonds. The van der Waals surface area contributed by atoms with Crippen LogP contribution in [0.3, 0.4) is 0 Å². The average molecular weight is 376 g/mol. The van der Waals surface area contributed by atoms with Crippen LogP contribution in [-0.2, 0) is 9.59 Å². The second-order valence-electron chi connectivity index (χ2n) is 5.50. The van der Waals surface area contributed by atoms with Gasteiger partial charge in [0.1, 0.15) is 5.75 Å². The minimum Gasteiger partial charge on any atom is -0.484 e. The van der Waals surface area contributed by atoms with Gasteiger partial charge in [0.2, 0.25) is 5.91 Å². The van der Waals surface area contributed by atoms with Gasteiger partial charge in [0, 0.05) is 31.2 Å². The van der Waals surface area contributed by atoms with Crippen molar-refractivity contribution in [1.29, 1.82) is 0 Å². The molecule has 1 aromatic rings. The highest BCUT2D eigenvalue weighted by molar-refractivity contribution is 6.30. The van der Waals surface area contributed by atoms with Crippen LogP contribution in [0.1, 0.15) is 12.8 Å². The lowest BCUT2D eigenvalue weighted by Gasteiger charge is -2.32. The van der Waals surface area contributed by atoms with Crippen molar-refractivity contribution in [2.45, 2.75) is 12.8 Å². The quantitative estimate of drug-likeness (QED) is 0.787. The average Bonchev–Trinajstić information content (AvgIpc) is 2.59. The Morgan fingerprint density at radius 3 is 2.71 bits per heavy atom. The van der Waals surface area contributed by atoms with E-state index >= 15 is 0 Å². The van der Waals surface area contributed by atoms with Crippen LogP contribution in [0.15, 0.2) is 24.3 Å². The molecule has 8 heteroatoms. The van der Waals surface area contributed by atoms with Crippen molar-refractivity contribution in [2.75, 3.05) is 32.8 Å². The molecule has 1 aromatic carbocycles. The standard InChI is InChI=1S/C16H22ClN3O3.ClH/c17-13-3-5-14(6-4-13)23-11-15(21)20-9-1-2-12(10-20)16(22)19-8-7-18;/h3-6,12H,1-2,7-11,18H2,(H,19,22);1H. The maximum Gasteiger partial charge on any atom is 0.260 e. The molecule has 1 fully saturated rings. The fourth-order valence-electron chi connectivity index (χ4n) is 2.52. The summed E-state index contributed by atoms with van der Waals surface area (Å²) in [6, 6.07) is 6.85. The maximum atomic E-state index is 12.2. The normalized spacial score (nSPS) is 16.9. The molecule has 1 aliphatic rings. The first-order chi connectivity index (χ1) is 11.1. The van der Waals surface area contributed by atoms with Gasteiger partial charge in [-0.15, -0.1) is 12.4 Å². The van der Waals surface area contributed by atoms with Crippen molar-refractivity contribution in [3.05, 3.63) is 29.3 Å². The highest BCUT2D eigenvalue weighted by atomic mass is 35.5. The molecule has 0 saturated carbocycles. The molecule has 1 saturated heterocycles. The first-order valence-electron chi connectivity index (χ1n) is 7.74. The van der Waals surface area contributed by atoms with E-state index in [0.717, 1.165) is 12.8 Å². The number of rotatable bonds is 6. The topological polar surface area (TPSA) is 84.7 Å². The van der Waals surface area contributed by atoms with Gasteiger partial charge in [-0.25, -0.2) is 0 Å². The molecular formula is C16H23Cl2N3O3. The molecule has 0 bridgehead atoms. The van der Waals surface area contributed by atoms with Crippen molar-refractivity contribution < 1.29 is 14.3 Å². The molecule has 0 spiro atoms. The number of nitrogens with zero attached hydrogens (tertiary/aromatic N) is 1. The summed E-state index contributed by atoms with van der Waals surface area (Å²) in [7, 11) is 0. The molecule has 0 aliphatic carbocycles. The van der Waals surface area contributed by atoms with E-state index in [2.05, 4.69) is 5.32 Å². The van der Waals surface area contributed by atoms with Crippen LogP contribution in [0.2, 0.25) is 5.02 Å². The number of amides is 2. The summed E-state index contributed by atoms with van der Waals surface area (Å²) in [4.78, 5) is 25.9. The number of carbonyl (C=O) groups is 2. The molecule has 1 heterocycles. The summed E-state index contributed by atoms with van der Waals surface area (Å²) in [6.45, 7) is 1.92. The zero-order valence-electron chi connectivity index (χ0n) is 13.4. The molecule has 134 valence electrons. The molecule has 0 aromatic heterocycles. The lowest BCUT2D eigenvalue weighted by atomic mass is 9.97. The van der Waals surface area contributed by atoms with E-state index in [1.807, 2.05) is 0 Å². The fraction of sp³-hybridized carbons (Fsp3) is 0.500. The van der Waals surface area contributed by atoms with Gasteiger partial charge in [0.15, 0.2) is 6.61 Å². The minimum atomic E-state index is -0.171. The number of benzene rings is 1. The number of ether oxygens (including phenoxy) is 1. The Morgan fingerprint density at radius 1 is 1.33 bits per heavy atom. The van der Waals surface area contributed by atoms with Crippen molar-refractivity contribution in [3.8, 4) is 5.75 Å². The Labute approximate surface area is 153 Å². The SMILES string of the molecule is Cl.NCCNC(=O)C1CCCN(C(=O)COc2ccc(Cl)cc2)C1. The molecule has 3 N–H and O–H groups in total. The number of nitrogens with one attached hydrogen (secondary N) is 1. The predicted octanol–water partition coefficient (Wildman–Crippen LogP) is 1.45. The highest BCUT2D eigenvalue weighted by Gasteiger charge is 2.28. The van der Waals surface area contributed by atoms with Crippen LogP contribution in [0, 0.1) is 5.92 Å². The van der Waals surface area contributed by atoms with E-state index < -0.39 is 0 Å². The zero-order valence-corrected chi connectivity index (χ0v) is 14.9. The second kappa shape index (κ2) is 10.4. The van der Waals surface area contributed by atoms with Gasteiger partial charge in [0.25, 0.3) is 5.91 Å². The summed E-state index contributed by atoms with van der Waals surface area (Å²) >= 11 is 5.80. The number of halogens is 2. The van der Waals surface area contributed by atoms with Crippen LogP contribution in [0.25, 0.3) is 0 Å². The second-order valence-corrected chi connectivity index (χ2v) is 5.94. The molecule has 6 nitrogen and oxygen atoms in total. The lowest BCUT2D eigenvalue weighted by Crippen LogP contribution is -2.47. The van der Waals surface area contributed by atoms with Gasteiger partial charge in [-0.3, -0.25) is 9.59 Å². The van der Waals surface area contributed by atoms with E-state index in [1.165, 1.54) is 0 Å². The summed E-state index contributed by atoms with van der Waals surface area (Å²) in [6.07, 6.45) is 1.60. The number of carbonyl (C=O) groups excluding carboxylic acids is 2. The number of hydrogen-bond donors (Lipinski definition) is 2. The molecule has 1 unspecified atom stereocenters. The van der Waals surface area contributed by atoms with Crippen molar-refractivity contribution >= 4 is 35.8 Å². The summed E-state index contributed by atoms with van der Waals surface area (Å²) in [5.41, 5.74) is 5.38. The Kier molecular flexibility index (Phi) is 8.89. The number of nitrogens with two attached hydrogens (primary N) is 1. The maximum absolute atomic E-state index is 12.2. The van der Waals surface area contributed by atoms with Gasteiger partial charge >= 0.3 is 0 Å². The van der Waals surface area contributed by atoms with E-state index in [4.69, 9.17) is 22.1 Å². The zero-order chi connectivity index (χ0) is 16.7. The van der Waals surface area contributed by atoms with Gasteiger partial charge in [-0.2, -0.15) is 0 Å². The summed E-state index contributed by atoms with van der Waals surface area (Å²) < 4.78 is 5.47. The molecule has 1 aliphatic heterocycles. The Balaban J connectivity index is 0.00000288. The first kappa shape index (κ1) is 20.5. The number of hydrogen-bond acceptors (Lipinski definition) is 4. The van der Waals surface area contributed by atoms with E-state index in [9.17, 15) is 9.59 Å². The molecule has 2 rings (SSSR count). The third kappa shape index (κ3) is 6.19. The van der Waals surface area contributed by atoms with E-state index in [-0.39, 0.29) is 36.7 Å².